The first-order chi connectivity index (χ1) is 18.7. The molecule has 1 N–H and O–H groups in total. The number of aromatic nitrogens is 4. The summed E-state index contributed by atoms with van der Waals surface area (Å²) in [6.07, 6.45) is 4.25. The summed E-state index contributed by atoms with van der Waals surface area (Å²) in [6, 6.07) is 6.34. The zero-order chi connectivity index (χ0) is 29.1. The molecule has 3 heterocycles. The van der Waals surface area contributed by atoms with Crippen molar-refractivity contribution in [3.8, 4) is 5.69 Å². The first kappa shape index (κ1) is 28.2. The van der Waals surface area contributed by atoms with E-state index in [1.54, 1.807) is 26.1 Å². The van der Waals surface area contributed by atoms with Crippen LogP contribution in [0.4, 0.5) is 4.39 Å². The number of methoxy groups -OCH3 is 1. The number of aliphatic hydroxyl groups is 1. The van der Waals surface area contributed by atoms with Crippen LogP contribution in [0.25, 0.3) is 27.8 Å². The normalized spacial score (nSPS) is 18.4. The Hall–Kier alpha value is -3.30. The van der Waals surface area contributed by atoms with Gasteiger partial charge in [0, 0.05) is 22.1 Å². The Morgan fingerprint density at radius 3 is 2.35 bits per heavy atom. The van der Waals surface area contributed by atoms with E-state index >= 15 is 0 Å². The zero-order valence-electron chi connectivity index (χ0n) is 23.6. The van der Waals surface area contributed by atoms with Crippen LogP contribution in [0.2, 0.25) is 5.02 Å². The minimum Gasteiger partial charge on any atom is -0.469 e. The van der Waals surface area contributed by atoms with E-state index < -0.39 is 16.8 Å². The summed E-state index contributed by atoms with van der Waals surface area (Å²) in [7, 11) is 1.40. The number of hydrogen-bond acceptors (Lipinski definition) is 6. The summed E-state index contributed by atoms with van der Waals surface area (Å²) in [4.78, 5) is 30.5. The highest BCUT2D eigenvalue weighted by molar-refractivity contribution is 6.30. The summed E-state index contributed by atoms with van der Waals surface area (Å²) >= 11 is 6.21. The van der Waals surface area contributed by atoms with Crippen molar-refractivity contribution >= 4 is 45.5 Å². The predicted octanol–water partition coefficient (Wildman–Crippen LogP) is 6.53. The molecule has 4 aromatic rings. The van der Waals surface area contributed by atoms with Gasteiger partial charge in [-0.25, -0.2) is 9.37 Å². The van der Waals surface area contributed by atoms with Crippen molar-refractivity contribution in [1.29, 1.82) is 0 Å². The highest BCUT2D eigenvalue weighted by Crippen LogP contribution is 2.46. The number of nitrogens with zero attached hydrogens (tertiary/aromatic N) is 4. The van der Waals surface area contributed by atoms with Crippen LogP contribution in [0.3, 0.4) is 0 Å². The first-order valence-electron chi connectivity index (χ1n) is 13.5. The van der Waals surface area contributed by atoms with E-state index in [1.807, 2.05) is 31.4 Å². The molecule has 1 fully saturated rings. The Morgan fingerprint density at radius 1 is 1.10 bits per heavy atom. The summed E-state index contributed by atoms with van der Waals surface area (Å²) in [5, 5.41) is 16.6. The van der Waals surface area contributed by atoms with Gasteiger partial charge in [-0.1, -0.05) is 32.4 Å². The Morgan fingerprint density at radius 2 is 1.77 bits per heavy atom. The third-order valence-electron chi connectivity index (χ3n) is 7.74. The molecule has 0 spiro atoms. The van der Waals surface area contributed by atoms with E-state index in [2.05, 4.69) is 5.10 Å². The average Bonchev–Trinajstić information content (AvgIpc) is 3.46. The largest absolute Gasteiger partial charge is 0.469 e. The molecule has 0 amide bonds. The van der Waals surface area contributed by atoms with Gasteiger partial charge in [0.25, 0.3) is 5.91 Å². The quantitative estimate of drug-likeness (QED) is 0.281. The number of pyridine rings is 1. The molecule has 1 aliphatic rings. The number of esters is 1. The van der Waals surface area contributed by atoms with Gasteiger partial charge in [-0.15, -0.1) is 0 Å². The average molecular weight is 569 g/mol. The van der Waals surface area contributed by atoms with Crippen molar-refractivity contribution < 1.29 is 23.8 Å². The smallest absolute Gasteiger partial charge is 0.308 e. The van der Waals surface area contributed by atoms with E-state index in [-0.39, 0.29) is 28.7 Å². The lowest BCUT2D eigenvalue weighted by atomic mass is 9.77. The molecule has 10 heteroatoms. The predicted molar refractivity (Wildman–Crippen MR) is 151 cm³/mol. The van der Waals surface area contributed by atoms with Gasteiger partial charge in [-0.05, 0) is 69.7 Å². The van der Waals surface area contributed by atoms with Crippen LogP contribution in [0.5, 0.6) is 0 Å². The number of hydrogen-bond donors (Lipinski definition) is 1. The molecule has 1 aliphatic carbocycles. The monoisotopic (exact) mass is 568 g/mol. The van der Waals surface area contributed by atoms with Crippen LogP contribution in [0.15, 0.2) is 30.5 Å². The summed E-state index contributed by atoms with van der Waals surface area (Å²) < 4.78 is 22.4. The zero-order valence-corrected chi connectivity index (χ0v) is 24.3. The van der Waals surface area contributed by atoms with Crippen molar-refractivity contribution in [2.45, 2.75) is 71.8 Å². The number of rotatable bonds is 4. The topological polar surface area (TPSA) is 99.2 Å². The maximum absolute atomic E-state index is 14.2. The molecule has 212 valence electrons. The number of benzene rings is 1. The highest BCUT2D eigenvalue weighted by Gasteiger charge is 2.37. The van der Waals surface area contributed by atoms with E-state index in [9.17, 15) is 19.1 Å². The maximum Gasteiger partial charge on any atom is 0.308 e. The summed E-state index contributed by atoms with van der Waals surface area (Å²) in [5.41, 5.74) is 1.73. The fourth-order valence-corrected chi connectivity index (χ4v) is 5.98. The molecule has 1 aromatic carbocycles. The minimum atomic E-state index is -1.32. The molecule has 0 radical (unpaired) electrons. The molecule has 0 aliphatic heterocycles. The fraction of sp³-hybridized carbons (Fsp3) is 0.467. The Balaban J connectivity index is 1.82. The molecule has 0 bridgehead atoms. The fourth-order valence-electron chi connectivity index (χ4n) is 5.80. The Kier molecular flexibility index (Phi) is 7.03. The van der Waals surface area contributed by atoms with Crippen LogP contribution >= 0.6 is 11.6 Å². The van der Waals surface area contributed by atoms with E-state index in [1.165, 1.54) is 23.9 Å². The van der Waals surface area contributed by atoms with Crippen LogP contribution < -0.4 is 0 Å². The molecular formula is C30H34ClFN4O4. The maximum atomic E-state index is 14.2. The van der Waals surface area contributed by atoms with Gasteiger partial charge in [0.1, 0.15) is 5.82 Å². The third kappa shape index (κ3) is 4.79. The van der Waals surface area contributed by atoms with Crippen LogP contribution in [-0.4, -0.2) is 43.4 Å². The van der Waals surface area contributed by atoms with Crippen LogP contribution in [0, 0.1) is 17.2 Å². The molecule has 3 aromatic heterocycles. The van der Waals surface area contributed by atoms with Gasteiger partial charge in [0.05, 0.1) is 46.6 Å². The number of fused-ring (bicyclic) bond motifs is 2. The van der Waals surface area contributed by atoms with Crippen LogP contribution in [0.1, 0.15) is 82.3 Å². The van der Waals surface area contributed by atoms with Crippen molar-refractivity contribution in [3.63, 3.8) is 0 Å². The van der Waals surface area contributed by atoms with Gasteiger partial charge in [0.15, 0.2) is 5.65 Å². The lowest BCUT2D eigenvalue weighted by Gasteiger charge is -2.30. The molecule has 5 rings (SSSR count). The van der Waals surface area contributed by atoms with Gasteiger partial charge in [-0.3, -0.25) is 9.59 Å². The van der Waals surface area contributed by atoms with Crippen LogP contribution in [-0.2, 0) is 15.1 Å². The molecule has 0 atom stereocenters. The van der Waals surface area contributed by atoms with Gasteiger partial charge in [0.2, 0.25) is 0 Å². The molecule has 8 nitrogen and oxygen atoms in total. The Bertz CT molecular complexity index is 1640. The molecule has 40 heavy (non-hydrogen) atoms. The van der Waals surface area contributed by atoms with Crippen molar-refractivity contribution in [3.05, 3.63) is 52.6 Å². The van der Waals surface area contributed by atoms with Gasteiger partial charge >= 0.3 is 5.97 Å². The van der Waals surface area contributed by atoms with E-state index in [0.717, 1.165) is 5.56 Å². The number of ether oxygens (including phenoxy) is 1. The molecule has 0 saturated heterocycles. The van der Waals surface area contributed by atoms with Crippen molar-refractivity contribution in [2.75, 3.05) is 7.11 Å². The van der Waals surface area contributed by atoms with Crippen molar-refractivity contribution in [2.24, 2.45) is 11.3 Å². The lowest BCUT2D eigenvalue weighted by molar-refractivity contribution is -0.146. The second kappa shape index (κ2) is 9.96. The molecule has 1 saturated carbocycles. The SMILES string of the molecule is COC(=O)C1CCC(c2c(C(C)(C)O)n(-c3ccc(F)c(Cl)c3)c3cc4cnn(C(=O)C(C)(C)C)c4nc23)CC1. The molecule has 0 unspecified atom stereocenters. The Labute approximate surface area is 237 Å². The highest BCUT2D eigenvalue weighted by atomic mass is 35.5. The first-order valence-corrected chi connectivity index (χ1v) is 13.8. The second-order valence-electron chi connectivity index (χ2n) is 12.2. The summed E-state index contributed by atoms with van der Waals surface area (Å²) in [5.74, 6) is -1.16. The number of halogens is 2. The van der Waals surface area contributed by atoms with Gasteiger partial charge < -0.3 is 14.4 Å². The van der Waals surface area contributed by atoms with Gasteiger partial charge in [-0.2, -0.15) is 9.78 Å². The number of carbonyl (C=O) groups is 2. The summed E-state index contributed by atoms with van der Waals surface area (Å²) in [6.45, 7) is 8.89. The van der Waals surface area contributed by atoms with E-state index in [4.69, 9.17) is 21.3 Å². The number of carbonyl (C=O) groups excluding carboxylic acids is 2. The van der Waals surface area contributed by atoms with E-state index in [0.29, 0.717) is 59.1 Å². The lowest BCUT2D eigenvalue weighted by Crippen LogP contribution is -2.27. The standard InChI is InChI=1S/C30H34ClFN4O4/c1-29(2,3)28(38)36-26-18(15-33-36)13-22-24(34-26)23(16-7-9-17(10-8-16)27(37)40-6)25(30(4,5)39)35(22)19-11-12-21(32)20(31)14-19/h11-17,39H,7-10H2,1-6H3. The third-order valence-corrected chi connectivity index (χ3v) is 8.03. The minimum absolute atomic E-state index is 0.0263. The second-order valence-corrected chi connectivity index (χ2v) is 12.6. The molecular weight excluding hydrogens is 535 g/mol. The van der Waals surface area contributed by atoms with Crippen molar-refractivity contribution in [1.82, 2.24) is 19.3 Å².